The SMILES string of the molecule is COCCOc1cc(N2CCN(C3=C(C)CCC=C3)CC2)c(NC(=O)c2coc(C3CC3)n2)cc1C(=O)NCCCN1CCCC1=O. The molecule has 252 valence electrons. The van der Waals surface area contributed by atoms with Crippen molar-refractivity contribution in [3.63, 3.8) is 0 Å². The molecule has 0 bridgehead atoms. The Morgan fingerprint density at radius 1 is 1.04 bits per heavy atom. The lowest BCUT2D eigenvalue weighted by Gasteiger charge is -2.39. The molecule has 1 aromatic carbocycles. The highest BCUT2D eigenvalue weighted by Gasteiger charge is 2.30. The first-order chi connectivity index (χ1) is 22.9. The van der Waals surface area contributed by atoms with E-state index in [2.05, 4.69) is 44.5 Å². The number of carbonyl (C=O) groups is 3. The van der Waals surface area contributed by atoms with Crippen LogP contribution >= 0.6 is 0 Å². The minimum absolute atomic E-state index is 0.167. The van der Waals surface area contributed by atoms with Gasteiger partial charge in [0.25, 0.3) is 11.8 Å². The summed E-state index contributed by atoms with van der Waals surface area (Å²) in [7, 11) is 1.60. The molecule has 47 heavy (non-hydrogen) atoms. The van der Waals surface area contributed by atoms with Crippen LogP contribution in [0.2, 0.25) is 0 Å². The van der Waals surface area contributed by atoms with Gasteiger partial charge in [-0.05, 0) is 63.2 Å². The fourth-order valence-corrected chi connectivity index (χ4v) is 6.39. The summed E-state index contributed by atoms with van der Waals surface area (Å²) in [5, 5.41) is 6.02. The van der Waals surface area contributed by atoms with E-state index in [-0.39, 0.29) is 30.0 Å². The summed E-state index contributed by atoms with van der Waals surface area (Å²) in [6, 6.07) is 3.54. The summed E-state index contributed by atoms with van der Waals surface area (Å²) in [4.78, 5) is 50.0. The Labute approximate surface area is 276 Å². The lowest BCUT2D eigenvalue weighted by Crippen LogP contribution is -2.46. The zero-order valence-electron chi connectivity index (χ0n) is 27.5. The van der Waals surface area contributed by atoms with E-state index in [0.717, 1.165) is 70.5 Å². The van der Waals surface area contributed by atoms with E-state index in [1.807, 2.05) is 11.0 Å². The Balaban J connectivity index is 1.24. The molecule has 2 aliphatic heterocycles. The van der Waals surface area contributed by atoms with Gasteiger partial charge in [-0.3, -0.25) is 14.4 Å². The smallest absolute Gasteiger partial charge is 0.277 e. The molecular formula is C35H46N6O6. The number of methoxy groups -OCH3 is 1. The van der Waals surface area contributed by atoms with Gasteiger partial charge in [0.15, 0.2) is 11.6 Å². The maximum atomic E-state index is 13.6. The predicted molar refractivity (Wildman–Crippen MR) is 178 cm³/mol. The normalized spacial score (nSPS) is 18.3. The first-order valence-electron chi connectivity index (χ1n) is 16.9. The third kappa shape index (κ3) is 7.98. The Morgan fingerprint density at radius 3 is 2.57 bits per heavy atom. The summed E-state index contributed by atoms with van der Waals surface area (Å²) in [5.74, 6) is 0.731. The van der Waals surface area contributed by atoms with E-state index in [4.69, 9.17) is 13.9 Å². The van der Waals surface area contributed by atoms with Crippen molar-refractivity contribution in [3.05, 3.63) is 59.0 Å². The minimum atomic E-state index is -0.400. The number of allylic oxidation sites excluding steroid dienone is 3. The van der Waals surface area contributed by atoms with Gasteiger partial charge in [-0.15, -0.1) is 0 Å². The zero-order valence-corrected chi connectivity index (χ0v) is 27.5. The molecule has 2 aliphatic carbocycles. The van der Waals surface area contributed by atoms with Gasteiger partial charge in [-0.25, -0.2) is 4.98 Å². The number of hydrogen-bond donors (Lipinski definition) is 2. The van der Waals surface area contributed by atoms with Gasteiger partial charge in [0.1, 0.15) is 18.6 Å². The molecule has 3 amide bonds. The highest BCUT2D eigenvalue weighted by molar-refractivity contribution is 6.07. The molecule has 0 radical (unpaired) electrons. The highest BCUT2D eigenvalue weighted by atomic mass is 16.5. The van der Waals surface area contributed by atoms with E-state index < -0.39 is 5.91 Å². The second kappa shape index (κ2) is 15.1. The summed E-state index contributed by atoms with van der Waals surface area (Å²) < 4.78 is 16.9. The standard InChI is InChI=1S/C35H46N6O6/c1-24-7-3-4-8-29(24)39-15-17-40(18-16-39)30-22-31(46-20-19-45-2)26(33(43)36-12-6-14-41-13-5-9-32(41)42)21-27(30)37-34(44)28-23-47-35(38-28)25-10-11-25/h4,8,21-23,25H,3,5-7,9-20H2,1-2H3,(H,36,43)(H,37,44). The Kier molecular flexibility index (Phi) is 10.4. The maximum absolute atomic E-state index is 13.6. The Hall–Kier alpha value is -4.32. The molecule has 2 N–H and O–H groups in total. The van der Waals surface area contributed by atoms with Gasteiger partial charge in [0.2, 0.25) is 5.91 Å². The summed E-state index contributed by atoms with van der Waals surface area (Å²) in [6.07, 6.45) is 12.2. The van der Waals surface area contributed by atoms with Gasteiger partial charge in [-0.2, -0.15) is 0 Å². The number of hydrogen-bond acceptors (Lipinski definition) is 9. The molecule has 12 heteroatoms. The van der Waals surface area contributed by atoms with Crippen molar-refractivity contribution in [3.8, 4) is 5.75 Å². The number of carbonyl (C=O) groups excluding carboxylic acids is 3. The summed E-state index contributed by atoms with van der Waals surface area (Å²) in [6.45, 7) is 7.68. The molecule has 12 nitrogen and oxygen atoms in total. The third-order valence-electron chi connectivity index (χ3n) is 9.24. The lowest BCUT2D eigenvalue weighted by molar-refractivity contribution is -0.127. The number of ether oxygens (including phenoxy) is 2. The molecule has 2 saturated heterocycles. The summed E-state index contributed by atoms with van der Waals surface area (Å²) in [5.41, 5.74) is 4.49. The number of amides is 3. The number of rotatable bonds is 14. The largest absolute Gasteiger partial charge is 0.490 e. The maximum Gasteiger partial charge on any atom is 0.277 e. The molecule has 1 aromatic heterocycles. The molecule has 3 fully saturated rings. The second-order valence-electron chi connectivity index (χ2n) is 12.7. The minimum Gasteiger partial charge on any atom is -0.490 e. The molecule has 4 aliphatic rings. The van der Waals surface area contributed by atoms with Gasteiger partial charge in [0, 0.05) is 77.0 Å². The number of nitrogens with one attached hydrogen (secondary N) is 2. The van der Waals surface area contributed by atoms with E-state index >= 15 is 0 Å². The molecule has 0 spiro atoms. The molecule has 2 aromatic rings. The van der Waals surface area contributed by atoms with Crippen molar-refractivity contribution < 1.29 is 28.3 Å². The van der Waals surface area contributed by atoms with Crippen molar-refractivity contribution in [2.45, 2.75) is 57.8 Å². The van der Waals surface area contributed by atoms with E-state index in [1.54, 1.807) is 13.2 Å². The van der Waals surface area contributed by atoms with Gasteiger partial charge >= 0.3 is 0 Å². The van der Waals surface area contributed by atoms with Crippen molar-refractivity contribution >= 4 is 29.1 Å². The van der Waals surface area contributed by atoms with Crippen molar-refractivity contribution in [2.75, 3.05) is 76.4 Å². The van der Waals surface area contributed by atoms with Gasteiger partial charge in [0.05, 0.1) is 23.5 Å². The summed E-state index contributed by atoms with van der Waals surface area (Å²) >= 11 is 0. The van der Waals surface area contributed by atoms with E-state index in [1.165, 1.54) is 17.5 Å². The predicted octanol–water partition coefficient (Wildman–Crippen LogP) is 4.32. The highest BCUT2D eigenvalue weighted by Crippen LogP contribution is 2.40. The molecule has 6 rings (SSSR count). The lowest BCUT2D eigenvalue weighted by atomic mass is 10.0. The van der Waals surface area contributed by atoms with Crippen LogP contribution in [-0.4, -0.2) is 98.6 Å². The van der Waals surface area contributed by atoms with Crippen LogP contribution in [0.15, 0.2) is 46.2 Å². The first kappa shape index (κ1) is 32.6. The number of piperazine rings is 1. The molecule has 3 heterocycles. The van der Waals surface area contributed by atoms with Crippen molar-refractivity contribution in [1.82, 2.24) is 20.1 Å². The molecular weight excluding hydrogens is 600 g/mol. The number of benzene rings is 1. The number of aromatic nitrogens is 1. The average molecular weight is 647 g/mol. The van der Waals surface area contributed by atoms with Crippen LogP contribution < -0.4 is 20.3 Å². The zero-order chi connectivity index (χ0) is 32.8. The van der Waals surface area contributed by atoms with Crippen molar-refractivity contribution in [1.29, 1.82) is 0 Å². The molecule has 0 atom stereocenters. The topological polar surface area (TPSA) is 129 Å². The Bertz CT molecular complexity index is 1520. The van der Waals surface area contributed by atoms with E-state index in [9.17, 15) is 14.4 Å². The monoisotopic (exact) mass is 646 g/mol. The van der Waals surface area contributed by atoms with Crippen LogP contribution in [0.5, 0.6) is 5.75 Å². The fraction of sp³-hybridized carbons (Fsp3) is 0.543. The van der Waals surface area contributed by atoms with Crippen LogP contribution in [-0.2, 0) is 9.53 Å². The van der Waals surface area contributed by atoms with Crippen LogP contribution in [0.4, 0.5) is 11.4 Å². The Morgan fingerprint density at radius 2 is 1.85 bits per heavy atom. The first-order valence-corrected chi connectivity index (χ1v) is 16.9. The fourth-order valence-electron chi connectivity index (χ4n) is 6.39. The van der Waals surface area contributed by atoms with Crippen LogP contribution in [0.3, 0.4) is 0 Å². The third-order valence-corrected chi connectivity index (χ3v) is 9.24. The number of nitrogens with zero attached hydrogens (tertiary/aromatic N) is 4. The molecule has 1 saturated carbocycles. The number of likely N-dealkylation sites (tertiary alicyclic amines) is 1. The van der Waals surface area contributed by atoms with Crippen LogP contribution in [0, 0.1) is 0 Å². The average Bonchev–Trinajstić information content (AvgIpc) is 3.66. The quantitative estimate of drug-likeness (QED) is 0.289. The van der Waals surface area contributed by atoms with Gasteiger partial charge in [-0.1, -0.05) is 6.08 Å². The van der Waals surface area contributed by atoms with E-state index in [0.29, 0.717) is 55.4 Å². The number of anilines is 2. The molecule has 0 unspecified atom stereocenters. The second-order valence-corrected chi connectivity index (χ2v) is 12.7. The van der Waals surface area contributed by atoms with Crippen molar-refractivity contribution in [2.24, 2.45) is 0 Å². The van der Waals surface area contributed by atoms with Crippen LogP contribution in [0.1, 0.15) is 84.5 Å². The van der Waals surface area contributed by atoms with Gasteiger partial charge < -0.3 is 39.2 Å². The van der Waals surface area contributed by atoms with Crippen LogP contribution in [0.25, 0.3) is 0 Å². The number of oxazole rings is 1.